The van der Waals surface area contributed by atoms with E-state index in [-0.39, 0.29) is 31.6 Å². The average Bonchev–Trinajstić information content (AvgIpc) is 3.58. The Labute approximate surface area is 480 Å². The molecular weight excluding hydrogens is 1070 g/mol. The molecule has 4 saturated heterocycles. The van der Waals surface area contributed by atoms with Crippen molar-refractivity contribution in [3.05, 3.63) is 85.1 Å². The van der Waals surface area contributed by atoms with Crippen LogP contribution < -0.4 is 5.32 Å². The van der Waals surface area contributed by atoms with Gasteiger partial charge < -0.3 is 110 Å². The van der Waals surface area contributed by atoms with Crippen LogP contribution in [0.1, 0.15) is 79.1 Å². The third-order valence-corrected chi connectivity index (χ3v) is 16.1. The van der Waals surface area contributed by atoms with Gasteiger partial charge in [0.1, 0.15) is 30.5 Å². The Hall–Kier alpha value is -3.68. The predicted octanol–water partition coefficient (Wildman–Crippen LogP) is -2.17. The van der Waals surface area contributed by atoms with Gasteiger partial charge in [-0.25, -0.2) is 0 Å². The van der Waals surface area contributed by atoms with Gasteiger partial charge in [-0.1, -0.05) is 98.9 Å². The molecule has 0 aromatic carbocycles. The lowest BCUT2D eigenvalue weighted by molar-refractivity contribution is -0.323. The van der Waals surface area contributed by atoms with Crippen LogP contribution in [0.15, 0.2) is 85.1 Å². The number of aliphatic hydroxyl groups excluding tert-OH is 12. The number of hydrogen-bond acceptors (Lipinski definition) is 23. The fourth-order valence-electron chi connectivity index (χ4n) is 10.7. The molecule has 5 aliphatic heterocycles. The third kappa shape index (κ3) is 20.5. The number of piperazine rings is 1. The molecule has 0 aliphatic carbocycles. The molecule has 466 valence electrons. The van der Waals surface area contributed by atoms with Crippen molar-refractivity contribution in [2.24, 2.45) is 17.8 Å². The minimum absolute atomic E-state index is 0.124. The van der Waals surface area contributed by atoms with Crippen LogP contribution in [-0.4, -0.2) is 261 Å². The number of nitrogens with one attached hydrogen (secondary N) is 1. The molecule has 0 aromatic heterocycles. The lowest BCUT2D eigenvalue weighted by atomic mass is 9.81. The zero-order valence-corrected chi connectivity index (χ0v) is 47.6. The number of cyclic esters (lactones) is 1. The van der Waals surface area contributed by atoms with Crippen LogP contribution in [-0.2, 0) is 33.3 Å². The van der Waals surface area contributed by atoms with E-state index >= 15 is 0 Å². The first kappa shape index (κ1) is 69.1. The normalized spacial score (nSPS) is 45.6. The number of allylic oxidation sites excluding steroid dienone is 12. The lowest BCUT2D eigenvalue weighted by Gasteiger charge is -2.48. The Balaban J connectivity index is 1.43. The highest BCUT2D eigenvalue weighted by atomic mass is 16.7. The predicted molar refractivity (Wildman–Crippen MR) is 296 cm³/mol. The first-order valence-corrected chi connectivity index (χ1v) is 28.5. The van der Waals surface area contributed by atoms with E-state index in [2.05, 4.69) is 5.32 Å². The number of ether oxygens (including phenoxy) is 5. The van der Waals surface area contributed by atoms with Crippen molar-refractivity contribution in [3.63, 3.8) is 0 Å². The first-order chi connectivity index (χ1) is 38.7. The zero-order valence-electron chi connectivity index (χ0n) is 47.6. The fraction of sp³-hybridized carbons (Fsp3) is 0.724. The maximum absolute atomic E-state index is 14.5. The molecule has 15 N–H and O–H groups in total. The molecule has 0 radical (unpaired) electrons. The molecule has 82 heavy (non-hydrogen) atoms. The van der Waals surface area contributed by atoms with E-state index < -0.39 is 184 Å². The van der Waals surface area contributed by atoms with Gasteiger partial charge in [0.2, 0.25) is 11.7 Å². The molecule has 0 saturated carbocycles. The number of rotatable bonds is 6. The molecule has 4 fully saturated rings. The summed E-state index contributed by atoms with van der Waals surface area (Å²) in [6, 6.07) is -1.33. The minimum Gasteiger partial charge on any atom is -0.462 e. The molecule has 24 heteroatoms. The van der Waals surface area contributed by atoms with Gasteiger partial charge in [-0.2, -0.15) is 0 Å². The molecular formula is C58H93N3O21. The number of esters is 1. The van der Waals surface area contributed by atoms with Crippen LogP contribution in [0.5, 0.6) is 0 Å². The second-order valence-electron chi connectivity index (χ2n) is 22.8. The highest BCUT2D eigenvalue weighted by Gasteiger charge is 2.53. The number of amides is 1. The molecule has 5 aliphatic rings. The molecule has 5 rings (SSSR count). The molecule has 5 heterocycles. The van der Waals surface area contributed by atoms with E-state index in [1.54, 1.807) is 97.7 Å². The quantitative estimate of drug-likeness (QED) is 0.126. The SMILES string of the molecule is CC1[C@H](C)OC(=O)C[C@H](O)C[C@H](O)CC[C@@H](O)[C@H](O)C[C@H](O)C[C@]2(O)C[C@H](O)C(C(=O)N3CCN(C)CC3)C(C[C@@H](OC3O[C@H](C)[C@@H](O)[C@H](NC[C@@]4(O)OC[C@@H](O)[C@@H](O)[C@@H]4O)[C@@H]3O)/C=C/C=C/C=C/C=C/C=C/C=C/C=C/[C@H](C)[C@H]1O)O2. The van der Waals surface area contributed by atoms with Crippen molar-refractivity contribution < 1.29 is 105 Å². The van der Waals surface area contributed by atoms with E-state index in [1.807, 2.05) is 24.9 Å². The van der Waals surface area contributed by atoms with Crippen LogP contribution >= 0.6 is 0 Å². The van der Waals surface area contributed by atoms with E-state index in [0.29, 0.717) is 26.2 Å². The van der Waals surface area contributed by atoms with Crippen molar-refractivity contribution in [1.82, 2.24) is 15.1 Å². The Bertz CT molecular complexity index is 2170. The van der Waals surface area contributed by atoms with E-state index in [1.165, 1.54) is 6.92 Å². The Morgan fingerprint density at radius 1 is 0.646 bits per heavy atom. The van der Waals surface area contributed by atoms with Crippen molar-refractivity contribution in [2.45, 2.75) is 201 Å². The molecule has 24 nitrogen and oxygen atoms in total. The highest BCUT2D eigenvalue weighted by Crippen LogP contribution is 2.39. The van der Waals surface area contributed by atoms with Crippen LogP contribution in [0.3, 0.4) is 0 Å². The highest BCUT2D eigenvalue weighted by molar-refractivity contribution is 5.80. The monoisotopic (exact) mass is 1170 g/mol. The first-order valence-electron chi connectivity index (χ1n) is 28.5. The Kier molecular flexibility index (Phi) is 27.6. The van der Waals surface area contributed by atoms with Crippen LogP contribution in [0.25, 0.3) is 0 Å². The number of likely N-dealkylation sites (N-methyl/N-ethyl adjacent to an activating group) is 1. The summed E-state index contributed by atoms with van der Waals surface area (Å²) < 4.78 is 29.6. The van der Waals surface area contributed by atoms with Crippen LogP contribution in [0.4, 0.5) is 0 Å². The fourth-order valence-corrected chi connectivity index (χ4v) is 10.7. The van der Waals surface area contributed by atoms with Crippen molar-refractivity contribution >= 4 is 11.9 Å². The third-order valence-electron chi connectivity index (χ3n) is 16.1. The van der Waals surface area contributed by atoms with E-state index in [4.69, 9.17) is 23.7 Å². The number of nitrogens with zero attached hydrogens (tertiary/aromatic N) is 2. The average molecular weight is 1170 g/mol. The molecule has 1 amide bonds. The van der Waals surface area contributed by atoms with Gasteiger partial charge in [0, 0.05) is 63.7 Å². The number of fused-ring (bicyclic) bond motifs is 2. The van der Waals surface area contributed by atoms with E-state index in [0.717, 1.165) is 0 Å². The van der Waals surface area contributed by atoms with Crippen molar-refractivity contribution in [1.29, 1.82) is 0 Å². The number of hydrogen-bond donors (Lipinski definition) is 15. The van der Waals surface area contributed by atoms with Gasteiger partial charge >= 0.3 is 5.97 Å². The summed E-state index contributed by atoms with van der Waals surface area (Å²) in [5.41, 5.74) is 0. The van der Waals surface area contributed by atoms with Crippen molar-refractivity contribution in [2.75, 3.05) is 46.4 Å². The van der Waals surface area contributed by atoms with Gasteiger partial charge in [-0.3, -0.25) is 9.59 Å². The number of aliphatic hydroxyl groups is 14. The Morgan fingerprint density at radius 3 is 1.87 bits per heavy atom. The van der Waals surface area contributed by atoms with Gasteiger partial charge in [0.25, 0.3) is 0 Å². The topological polar surface area (TPSA) is 382 Å². The van der Waals surface area contributed by atoms with Crippen LogP contribution in [0, 0.1) is 17.8 Å². The summed E-state index contributed by atoms with van der Waals surface area (Å²) in [7, 11) is 1.90. The number of carbonyl (C=O) groups is 2. The smallest absolute Gasteiger partial charge is 0.308 e. The van der Waals surface area contributed by atoms with Gasteiger partial charge in [0.05, 0.1) is 98.7 Å². The molecule has 23 atom stereocenters. The summed E-state index contributed by atoms with van der Waals surface area (Å²) in [6.07, 6.45) is -2.63. The summed E-state index contributed by atoms with van der Waals surface area (Å²) in [5.74, 6) is -8.12. The summed E-state index contributed by atoms with van der Waals surface area (Å²) >= 11 is 0. The maximum atomic E-state index is 14.5. The zero-order chi connectivity index (χ0) is 60.5. The standard InChI is InChI=1S/C58H93N3O21/c1-34-18-16-14-12-10-8-6-7-9-11-13-15-17-19-41(81-56-53(73)49(51(71)37(4)80-56)59-33-58(77)54(74)52(72)45(68)32-78-58)29-46-48(55(75)61-24-22-60(5)23-25-61)44(67)31-57(76,82-46)30-40(64)27-43(66)42(65)21-20-38(62)26-39(63)28-47(69)79-36(3)35(2)50(34)70/h6-19,34-46,48-54,56,59,62-68,70-74,76-77H,20-33H2,1-5H3/b7-6+,10-8+,11-9+,14-12+,15-13+,18-16+,19-17+/t34-,35?,36-,37+,38+,39+,40-,41-,42+,43+,44-,45+,46?,48?,49-,50+,51+,52+,53-,54-,56?,57+,58+/m0/s1. The van der Waals surface area contributed by atoms with Gasteiger partial charge in [-0.05, 0) is 40.2 Å². The molecule has 0 spiro atoms. The summed E-state index contributed by atoms with van der Waals surface area (Å²) in [5, 5.41) is 157. The molecule has 0 aromatic rings. The minimum atomic E-state index is -2.46. The number of carbonyl (C=O) groups excluding carboxylic acids is 2. The van der Waals surface area contributed by atoms with E-state index in [9.17, 15) is 81.1 Å². The van der Waals surface area contributed by atoms with Gasteiger partial charge in [-0.15, -0.1) is 0 Å². The molecule has 4 unspecified atom stereocenters. The second kappa shape index (κ2) is 32.7. The largest absolute Gasteiger partial charge is 0.462 e. The maximum Gasteiger partial charge on any atom is 0.308 e. The summed E-state index contributed by atoms with van der Waals surface area (Å²) in [6.45, 7) is 7.20. The second-order valence-corrected chi connectivity index (χ2v) is 22.8. The summed E-state index contributed by atoms with van der Waals surface area (Å²) in [4.78, 5) is 30.9. The van der Waals surface area contributed by atoms with Crippen LogP contribution in [0.2, 0.25) is 0 Å². The Morgan fingerprint density at radius 2 is 1.24 bits per heavy atom. The van der Waals surface area contributed by atoms with Gasteiger partial charge in [0.15, 0.2) is 12.1 Å². The van der Waals surface area contributed by atoms with Crippen molar-refractivity contribution in [3.8, 4) is 0 Å². The lowest BCUT2D eigenvalue weighted by Crippen LogP contribution is -2.69. The molecule has 2 bridgehead atoms.